The lowest BCUT2D eigenvalue weighted by Gasteiger charge is -2.25. The highest BCUT2D eigenvalue weighted by Gasteiger charge is 2.28. The highest BCUT2D eigenvalue weighted by molar-refractivity contribution is 7.47. The Hall–Kier alpha value is -1.54. The zero-order valence-corrected chi connectivity index (χ0v) is 52.9. The molecule has 0 saturated heterocycles. The lowest BCUT2D eigenvalue weighted by Crippen LogP contribution is -2.45. The molecule has 0 fully saturated rings. The lowest BCUT2D eigenvalue weighted by molar-refractivity contribution is -0.870. The van der Waals surface area contributed by atoms with Gasteiger partial charge in [-0.25, -0.2) is 4.57 Å². The third-order valence-corrected chi connectivity index (χ3v) is 16.2. The van der Waals surface area contributed by atoms with Crippen molar-refractivity contribution >= 4 is 13.7 Å². The molecule has 9 heteroatoms. The van der Waals surface area contributed by atoms with Crippen LogP contribution in [0.3, 0.4) is 0 Å². The minimum atomic E-state index is -4.36. The Labute approximate surface area is 479 Å². The molecule has 3 N–H and O–H groups in total. The summed E-state index contributed by atoms with van der Waals surface area (Å²) in [5.74, 6) is -0.186. The lowest BCUT2D eigenvalue weighted by atomic mass is 10.0. The van der Waals surface area contributed by atoms with Crippen LogP contribution in [0.5, 0.6) is 0 Å². The highest BCUT2D eigenvalue weighted by atomic mass is 31.2. The summed E-state index contributed by atoms with van der Waals surface area (Å²) < 4.78 is 23.8. The molecule has 0 aliphatic rings. The first-order valence-electron chi connectivity index (χ1n) is 33.5. The number of unbranched alkanes of at least 4 members (excludes halogenated alkanes) is 43. The van der Waals surface area contributed by atoms with Gasteiger partial charge in [0.15, 0.2) is 0 Å². The third-order valence-electron chi connectivity index (χ3n) is 15.2. The average Bonchev–Trinajstić information content (AvgIpc) is 3.39. The van der Waals surface area contributed by atoms with E-state index in [-0.39, 0.29) is 19.1 Å². The second-order valence-corrected chi connectivity index (χ2v) is 25.6. The minimum absolute atomic E-state index is 0.0541. The molecule has 0 saturated carbocycles. The molecule has 3 unspecified atom stereocenters. The molecule has 8 nitrogen and oxygen atoms in total. The molecular formula is C68H132N2O6P+. The van der Waals surface area contributed by atoms with Crippen molar-refractivity contribution in [3.63, 3.8) is 0 Å². The number of likely N-dealkylation sites (N-methyl/N-ethyl adjacent to an activating group) is 1. The van der Waals surface area contributed by atoms with Crippen molar-refractivity contribution in [2.75, 3.05) is 40.9 Å². The van der Waals surface area contributed by atoms with Crippen LogP contribution in [0, 0.1) is 0 Å². The summed E-state index contributed by atoms with van der Waals surface area (Å²) >= 11 is 0. The summed E-state index contributed by atoms with van der Waals surface area (Å²) in [5, 5.41) is 14.0. The second-order valence-electron chi connectivity index (χ2n) is 24.2. The number of phosphoric acid groups is 1. The van der Waals surface area contributed by atoms with Gasteiger partial charge in [-0.3, -0.25) is 13.8 Å². The maximum Gasteiger partial charge on any atom is 0.472 e. The standard InChI is InChI=1S/C68H131N2O6P/c1-6-8-10-12-14-16-18-20-22-24-26-28-30-32-34-35-36-38-40-42-44-46-48-50-52-54-56-58-60-62-68(72)69-66(65-76-77(73,74)75-64-63-70(3,4)5)67(71)61-59-57-55-53-51-49-47-45-43-41-39-37-33-31-29-27-25-23-21-19-17-15-13-11-9-7-2/h24,26,43,45,51,53,59,61,66-67,71H,6-23,25,27-42,44,46-50,52,54-58,60,62-65H2,1-5H3,(H-,69,72,73,74)/p+1/b26-24-,45-43+,53-51+,61-59+. The normalized spacial score (nSPS) is 14.0. The van der Waals surface area contributed by atoms with Gasteiger partial charge in [-0.05, 0) is 70.6 Å². The van der Waals surface area contributed by atoms with Gasteiger partial charge in [0, 0.05) is 6.42 Å². The number of hydrogen-bond acceptors (Lipinski definition) is 5. The Morgan fingerprint density at radius 1 is 0.429 bits per heavy atom. The van der Waals surface area contributed by atoms with Crippen LogP contribution in [0.15, 0.2) is 48.6 Å². The van der Waals surface area contributed by atoms with E-state index in [1.165, 1.54) is 263 Å². The number of carbonyl (C=O) groups is 1. The molecule has 0 aliphatic carbocycles. The Kier molecular flexibility index (Phi) is 57.9. The second kappa shape index (κ2) is 59.1. The van der Waals surface area contributed by atoms with Crippen LogP contribution in [-0.4, -0.2) is 73.4 Å². The molecule has 77 heavy (non-hydrogen) atoms. The fourth-order valence-corrected chi connectivity index (χ4v) is 10.7. The van der Waals surface area contributed by atoms with Crippen molar-refractivity contribution in [2.24, 2.45) is 0 Å². The number of carbonyl (C=O) groups excluding carboxylic acids is 1. The number of aliphatic hydroxyl groups is 1. The highest BCUT2D eigenvalue weighted by Crippen LogP contribution is 2.43. The van der Waals surface area contributed by atoms with Crippen molar-refractivity contribution in [2.45, 2.75) is 341 Å². The number of aliphatic hydroxyl groups excluding tert-OH is 1. The molecule has 0 aromatic rings. The number of rotatable bonds is 62. The summed E-state index contributed by atoms with van der Waals surface area (Å²) in [6.07, 6.45) is 79.7. The maximum absolute atomic E-state index is 13.0. The Morgan fingerprint density at radius 2 is 0.714 bits per heavy atom. The molecule has 0 aliphatic heterocycles. The van der Waals surface area contributed by atoms with Gasteiger partial charge in [0.05, 0.1) is 39.9 Å². The van der Waals surface area contributed by atoms with E-state index in [0.29, 0.717) is 17.4 Å². The number of phosphoric ester groups is 1. The van der Waals surface area contributed by atoms with Crippen LogP contribution in [-0.2, 0) is 18.4 Å². The number of allylic oxidation sites excluding steroid dienone is 7. The number of quaternary nitrogens is 1. The van der Waals surface area contributed by atoms with Crippen molar-refractivity contribution in [3.8, 4) is 0 Å². The van der Waals surface area contributed by atoms with Crippen molar-refractivity contribution in [1.29, 1.82) is 0 Å². The van der Waals surface area contributed by atoms with Gasteiger partial charge < -0.3 is 19.8 Å². The smallest absolute Gasteiger partial charge is 0.387 e. The summed E-state index contributed by atoms with van der Waals surface area (Å²) in [5.41, 5.74) is 0. The monoisotopic (exact) mass is 1100 g/mol. The van der Waals surface area contributed by atoms with E-state index in [4.69, 9.17) is 9.05 Å². The maximum atomic E-state index is 13.0. The van der Waals surface area contributed by atoms with E-state index < -0.39 is 20.0 Å². The van der Waals surface area contributed by atoms with Crippen LogP contribution in [0.2, 0.25) is 0 Å². The predicted molar refractivity (Wildman–Crippen MR) is 337 cm³/mol. The summed E-state index contributed by atoms with van der Waals surface area (Å²) in [6.45, 7) is 4.83. The van der Waals surface area contributed by atoms with E-state index in [9.17, 15) is 19.4 Å². The molecule has 0 bridgehead atoms. The Bertz CT molecular complexity index is 1390. The van der Waals surface area contributed by atoms with E-state index >= 15 is 0 Å². The average molecular weight is 1100 g/mol. The fourth-order valence-electron chi connectivity index (χ4n) is 10.0. The summed E-state index contributed by atoms with van der Waals surface area (Å²) in [6, 6.07) is -0.871. The number of nitrogens with one attached hydrogen (secondary N) is 1. The van der Waals surface area contributed by atoms with Gasteiger partial charge >= 0.3 is 7.82 Å². The van der Waals surface area contributed by atoms with Gasteiger partial charge in [0.2, 0.25) is 5.91 Å². The minimum Gasteiger partial charge on any atom is -0.387 e. The zero-order valence-electron chi connectivity index (χ0n) is 52.0. The fraction of sp³-hybridized carbons (Fsp3) is 0.868. The van der Waals surface area contributed by atoms with Crippen molar-refractivity contribution in [1.82, 2.24) is 5.32 Å². The van der Waals surface area contributed by atoms with Crippen LogP contribution < -0.4 is 5.32 Å². The molecule has 3 atom stereocenters. The van der Waals surface area contributed by atoms with E-state index in [0.717, 1.165) is 44.9 Å². The number of nitrogens with zero attached hydrogens (tertiary/aromatic N) is 1. The van der Waals surface area contributed by atoms with Gasteiger partial charge in [0.1, 0.15) is 13.2 Å². The van der Waals surface area contributed by atoms with Crippen LogP contribution >= 0.6 is 7.82 Å². The first kappa shape index (κ1) is 75.5. The van der Waals surface area contributed by atoms with Crippen LogP contribution in [0.25, 0.3) is 0 Å². The zero-order chi connectivity index (χ0) is 56.3. The van der Waals surface area contributed by atoms with Gasteiger partial charge in [-0.15, -0.1) is 0 Å². The van der Waals surface area contributed by atoms with Crippen LogP contribution in [0.4, 0.5) is 0 Å². The van der Waals surface area contributed by atoms with Crippen LogP contribution in [0.1, 0.15) is 328 Å². The largest absolute Gasteiger partial charge is 0.472 e. The van der Waals surface area contributed by atoms with Crippen molar-refractivity contribution < 1.29 is 32.9 Å². The third kappa shape index (κ3) is 61.9. The first-order valence-corrected chi connectivity index (χ1v) is 35.0. The molecular weight excluding hydrogens is 972 g/mol. The topological polar surface area (TPSA) is 105 Å². The number of amides is 1. The van der Waals surface area contributed by atoms with E-state index in [1.807, 2.05) is 27.2 Å². The first-order chi connectivity index (χ1) is 37.5. The molecule has 0 radical (unpaired) electrons. The SMILES string of the molecule is CCCCCCCCCC/C=C\CCCCCCCCCCCCCCCCCCCC(=O)NC(COP(=O)(O)OCC[N+](C)(C)C)C(O)/C=C/CC/C=C/CC/C=C/CCCCCCCCCCCCCCCCCC. The molecule has 0 spiro atoms. The molecule has 0 aromatic heterocycles. The van der Waals surface area contributed by atoms with Gasteiger partial charge in [0.25, 0.3) is 0 Å². The summed E-state index contributed by atoms with van der Waals surface area (Å²) in [7, 11) is 1.56. The summed E-state index contributed by atoms with van der Waals surface area (Å²) in [4.78, 5) is 23.4. The van der Waals surface area contributed by atoms with Gasteiger partial charge in [-0.1, -0.05) is 300 Å². The quantitative estimate of drug-likeness (QED) is 0.0243. The molecule has 0 heterocycles. The van der Waals surface area contributed by atoms with E-state index in [1.54, 1.807) is 6.08 Å². The molecule has 0 rings (SSSR count). The molecule has 0 aromatic carbocycles. The predicted octanol–water partition coefficient (Wildman–Crippen LogP) is 21.1. The van der Waals surface area contributed by atoms with Crippen molar-refractivity contribution in [3.05, 3.63) is 48.6 Å². The van der Waals surface area contributed by atoms with E-state index in [2.05, 4.69) is 55.6 Å². The Balaban J connectivity index is 4.14. The molecule has 454 valence electrons. The van der Waals surface area contributed by atoms with Gasteiger partial charge in [-0.2, -0.15) is 0 Å². The number of hydrogen-bond donors (Lipinski definition) is 3. The molecule has 1 amide bonds. The Morgan fingerprint density at radius 3 is 1.04 bits per heavy atom.